The molecule has 8 heteroatoms. The minimum absolute atomic E-state index is 0.00574. The maximum atomic E-state index is 13.5. The lowest BCUT2D eigenvalue weighted by Gasteiger charge is -2.55. The number of benzene rings is 1. The van der Waals surface area contributed by atoms with Gasteiger partial charge in [-0.05, 0) is 30.7 Å². The second kappa shape index (κ2) is 10.3. The zero-order valence-corrected chi connectivity index (χ0v) is 20.0. The molecule has 1 N–H and O–H groups in total. The summed E-state index contributed by atoms with van der Waals surface area (Å²) in [4.78, 5) is 43.5. The summed E-state index contributed by atoms with van der Waals surface area (Å²) in [7, 11) is 1.76. The molecule has 8 nitrogen and oxygen atoms in total. The molecule has 32 heavy (non-hydrogen) atoms. The molecule has 1 aromatic carbocycles. The summed E-state index contributed by atoms with van der Waals surface area (Å²) in [5.41, 5.74) is 1.00. The number of piperazine rings is 1. The number of fused-ring (bicyclic) bond motifs is 1. The summed E-state index contributed by atoms with van der Waals surface area (Å²) >= 11 is 0. The van der Waals surface area contributed by atoms with Gasteiger partial charge in [-0.15, -0.1) is 0 Å². The van der Waals surface area contributed by atoms with Gasteiger partial charge in [0.2, 0.25) is 11.8 Å². The van der Waals surface area contributed by atoms with Crippen LogP contribution in [0.3, 0.4) is 0 Å². The molecule has 0 aromatic heterocycles. The highest BCUT2D eigenvalue weighted by molar-refractivity contribution is 5.91. The maximum absolute atomic E-state index is 13.5. The maximum Gasteiger partial charge on any atom is 0.334 e. The van der Waals surface area contributed by atoms with Crippen molar-refractivity contribution in [3.63, 3.8) is 0 Å². The Morgan fingerprint density at radius 1 is 1.12 bits per heavy atom. The zero-order valence-electron chi connectivity index (χ0n) is 20.0. The highest BCUT2D eigenvalue weighted by Crippen LogP contribution is 2.30. The van der Waals surface area contributed by atoms with Crippen LogP contribution in [0.1, 0.15) is 52.5 Å². The Hall–Kier alpha value is -2.61. The van der Waals surface area contributed by atoms with Gasteiger partial charge in [0, 0.05) is 19.6 Å². The number of carbonyl (C=O) groups excluding carboxylic acids is 3. The van der Waals surface area contributed by atoms with Crippen LogP contribution in [-0.2, 0) is 16.1 Å². The van der Waals surface area contributed by atoms with Gasteiger partial charge in [0.25, 0.3) is 0 Å². The molecular weight excluding hydrogens is 406 g/mol. The largest absolute Gasteiger partial charge is 0.334 e. The van der Waals surface area contributed by atoms with E-state index < -0.39 is 12.2 Å². The van der Waals surface area contributed by atoms with E-state index in [1.807, 2.05) is 35.2 Å². The zero-order chi connectivity index (χ0) is 23.4. The molecule has 2 saturated heterocycles. The third-order valence-electron chi connectivity index (χ3n) is 6.46. The first kappa shape index (κ1) is 24.0. The number of hydrogen-bond acceptors (Lipinski definition) is 4. The topological polar surface area (TPSA) is 76.2 Å². The molecule has 176 valence electrons. The van der Waals surface area contributed by atoms with E-state index in [1.165, 1.54) is 0 Å². The van der Waals surface area contributed by atoms with Crippen LogP contribution in [0.25, 0.3) is 0 Å². The van der Waals surface area contributed by atoms with E-state index in [1.54, 1.807) is 22.0 Å². The van der Waals surface area contributed by atoms with Crippen LogP contribution in [0.15, 0.2) is 30.3 Å². The fourth-order valence-corrected chi connectivity index (χ4v) is 4.85. The van der Waals surface area contributed by atoms with Gasteiger partial charge in [0.05, 0.1) is 13.1 Å². The number of carbonyl (C=O) groups is 3. The highest BCUT2D eigenvalue weighted by atomic mass is 16.2. The number of likely N-dealkylation sites (N-methyl/N-ethyl adjacent to an activating group) is 1. The van der Waals surface area contributed by atoms with Crippen molar-refractivity contribution in [2.45, 2.75) is 71.8 Å². The minimum Gasteiger partial charge on any atom is -0.334 e. The van der Waals surface area contributed by atoms with Crippen LogP contribution in [0.4, 0.5) is 4.79 Å². The summed E-state index contributed by atoms with van der Waals surface area (Å²) in [5.74, 6) is 0.151. The number of nitrogens with zero attached hydrogens (tertiary/aromatic N) is 4. The molecule has 3 rings (SSSR count). The van der Waals surface area contributed by atoms with Crippen LogP contribution in [0, 0.1) is 5.92 Å². The number of urea groups is 1. The molecule has 2 aliphatic heterocycles. The lowest BCUT2D eigenvalue weighted by molar-refractivity contribution is -0.190. The molecule has 0 spiro atoms. The normalized spacial score (nSPS) is 22.0. The Morgan fingerprint density at radius 2 is 1.78 bits per heavy atom. The van der Waals surface area contributed by atoms with Crippen molar-refractivity contribution in [3.05, 3.63) is 35.9 Å². The summed E-state index contributed by atoms with van der Waals surface area (Å²) in [5, 5.41) is 6.29. The monoisotopic (exact) mass is 443 g/mol. The van der Waals surface area contributed by atoms with Crippen molar-refractivity contribution in [1.29, 1.82) is 0 Å². The Morgan fingerprint density at radius 3 is 2.38 bits per heavy atom. The van der Waals surface area contributed by atoms with Gasteiger partial charge >= 0.3 is 6.03 Å². The average Bonchev–Trinajstić information content (AvgIpc) is 2.76. The molecule has 2 fully saturated rings. The number of nitrogens with one attached hydrogen (secondary N) is 1. The van der Waals surface area contributed by atoms with Gasteiger partial charge in [-0.1, -0.05) is 58.0 Å². The Balaban J connectivity index is 1.90. The summed E-state index contributed by atoms with van der Waals surface area (Å²) in [6.07, 6.45) is 1.75. The standard InChI is InChI=1S/C24H37N5O3/c1-6-19(7-2)27-15-21-28(20(23(27)31)13-17(3)4)22(30)16-26(5)29(21)24(32)25-14-18-11-9-8-10-12-18/h8-12,17,19-21H,6-7,13-16H2,1-5H3,(H,25,32)/t20-,21-/m0/s1. The van der Waals surface area contributed by atoms with E-state index >= 15 is 0 Å². The summed E-state index contributed by atoms with van der Waals surface area (Å²) in [6, 6.07) is 9.02. The number of amides is 4. The van der Waals surface area contributed by atoms with Gasteiger partial charge < -0.3 is 15.1 Å². The Labute approximate surface area is 191 Å². The van der Waals surface area contributed by atoms with Crippen molar-refractivity contribution >= 4 is 17.8 Å². The van der Waals surface area contributed by atoms with E-state index in [-0.39, 0.29) is 36.3 Å². The van der Waals surface area contributed by atoms with Crippen molar-refractivity contribution < 1.29 is 14.4 Å². The summed E-state index contributed by atoms with van der Waals surface area (Å²) in [6.45, 7) is 9.07. The molecule has 2 heterocycles. The molecule has 2 aliphatic rings. The fraction of sp³-hybridized carbons (Fsp3) is 0.625. The molecule has 2 atom stereocenters. The third kappa shape index (κ3) is 4.90. The van der Waals surface area contributed by atoms with Crippen molar-refractivity contribution in [2.75, 3.05) is 20.1 Å². The predicted octanol–water partition coefficient (Wildman–Crippen LogP) is 2.66. The fourth-order valence-electron chi connectivity index (χ4n) is 4.85. The Kier molecular flexibility index (Phi) is 7.77. The van der Waals surface area contributed by atoms with E-state index in [2.05, 4.69) is 33.0 Å². The smallest absolute Gasteiger partial charge is 0.334 e. The number of rotatable bonds is 7. The molecule has 4 amide bonds. The predicted molar refractivity (Wildman–Crippen MR) is 123 cm³/mol. The quantitative estimate of drug-likeness (QED) is 0.703. The molecule has 1 aromatic rings. The average molecular weight is 444 g/mol. The van der Waals surface area contributed by atoms with Crippen LogP contribution in [-0.4, -0.2) is 76.0 Å². The lowest BCUT2D eigenvalue weighted by atomic mass is 9.95. The van der Waals surface area contributed by atoms with Crippen LogP contribution >= 0.6 is 0 Å². The van der Waals surface area contributed by atoms with E-state index in [9.17, 15) is 14.4 Å². The van der Waals surface area contributed by atoms with Crippen molar-refractivity contribution in [3.8, 4) is 0 Å². The van der Waals surface area contributed by atoms with Crippen LogP contribution < -0.4 is 5.32 Å². The second-order valence-corrected chi connectivity index (χ2v) is 9.19. The minimum atomic E-state index is -0.542. The number of hydrazine groups is 1. The Bertz CT molecular complexity index is 811. The molecule has 0 saturated carbocycles. The van der Waals surface area contributed by atoms with E-state index in [0.29, 0.717) is 19.5 Å². The summed E-state index contributed by atoms with van der Waals surface area (Å²) < 4.78 is 0. The molecular formula is C24H37N5O3. The highest BCUT2D eigenvalue weighted by Gasteiger charge is 2.51. The van der Waals surface area contributed by atoms with E-state index in [4.69, 9.17) is 0 Å². The van der Waals surface area contributed by atoms with Crippen molar-refractivity contribution in [2.24, 2.45) is 5.92 Å². The van der Waals surface area contributed by atoms with Gasteiger partial charge in [-0.25, -0.2) is 14.8 Å². The van der Waals surface area contributed by atoms with Gasteiger partial charge in [0.1, 0.15) is 12.2 Å². The molecule has 0 unspecified atom stereocenters. The van der Waals surface area contributed by atoms with Gasteiger partial charge in [-0.2, -0.15) is 0 Å². The molecule has 0 aliphatic carbocycles. The van der Waals surface area contributed by atoms with E-state index in [0.717, 1.165) is 18.4 Å². The second-order valence-electron chi connectivity index (χ2n) is 9.19. The first-order valence-electron chi connectivity index (χ1n) is 11.7. The molecule has 0 bridgehead atoms. The first-order valence-corrected chi connectivity index (χ1v) is 11.7. The SMILES string of the molecule is CCC(CC)N1C[C@H]2N(C(=O)CN(C)N2C(=O)NCc2ccccc2)[C@@H](CC(C)C)C1=O. The lowest BCUT2D eigenvalue weighted by Crippen LogP contribution is -2.76. The molecule has 0 radical (unpaired) electrons. The van der Waals surface area contributed by atoms with Crippen molar-refractivity contribution in [1.82, 2.24) is 25.1 Å². The van der Waals surface area contributed by atoms with Gasteiger partial charge in [0.15, 0.2) is 0 Å². The van der Waals surface area contributed by atoms with Gasteiger partial charge in [-0.3, -0.25) is 9.59 Å². The number of hydrogen-bond donors (Lipinski definition) is 1. The third-order valence-corrected chi connectivity index (χ3v) is 6.46. The van der Waals surface area contributed by atoms with Crippen LogP contribution in [0.2, 0.25) is 0 Å². The first-order chi connectivity index (χ1) is 15.3. The van der Waals surface area contributed by atoms with Crippen LogP contribution in [0.5, 0.6) is 0 Å².